The Morgan fingerprint density at radius 2 is 1.61 bits per heavy atom. The Morgan fingerprint density at radius 3 is 2.22 bits per heavy atom. The molecule has 0 atom stereocenters. The SMILES string of the molecule is CNc1ccc(N=Nc2ccc(C)cc2)c(C)c1. The van der Waals surface area contributed by atoms with E-state index in [1.165, 1.54) is 5.56 Å². The van der Waals surface area contributed by atoms with Crippen LogP contribution < -0.4 is 5.32 Å². The Morgan fingerprint density at radius 1 is 0.889 bits per heavy atom. The van der Waals surface area contributed by atoms with E-state index >= 15 is 0 Å². The van der Waals surface area contributed by atoms with Gasteiger partial charge in [-0.3, -0.25) is 0 Å². The zero-order chi connectivity index (χ0) is 13.0. The van der Waals surface area contributed by atoms with E-state index in [2.05, 4.69) is 28.5 Å². The smallest absolute Gasteiger partial charge is 0.0887 e. The van der Waals surface area contributed by atoms with Gasteiger partial charge in [0.2, 0.25) is 0 Å². The number of nitrogens with zero attached hydrogens (tertiary/aromatic N) is 2. The Hall–Kier alpha value is -2.16. The van der Waals surface area contributed by atoms with Crippen LogP contribution in [0.1, 0.15) is 11.1 Å². The molecule has 2 aromatic carbocycles. The molecule has 0 saturated heterocycles. The van der Waals surface area contributed by atoms with Crippen molar-refractivity contribution in [2.75, 3.05) is 12.4 Å². The van der Waals surface area contributed by atoms with E-state index in [0.717, 1.165) is 22.6 Å². The maximum absolute atomic E-state index is 4.28. The van der Waals surface area contributed by atoms with Crippen LogP contribution in [0, 0.1) is 13.8 Å². The number of hydrogen-bond acceptors (Lipinski definition) is 3. The molecule has 3 heteroatoms. The van der Waals surface area contributed by atoms with E-state index in [-0.39, 0.29) is 0 Å². The fraction of sp³-hybridized carbons (Fsp3) is 0.200. The van der Waals surface area contributed by atoms with Gasteiger partial charge in [0.25, 0.3) is 0 Å². The summed E-state index contributed by atoms with van der Waals surface area (Å²) in [5, 5.41) is 11.6. The van der Waals surface area contributed by atoms with Gasteiger partial charge in [-0.15, -0.1) is 0 Å². The molecule has 0 unspecified atom stereocenters. The second kappa shape index (κ2) is 5.45. The van der Waals surface area contributed by atoms with E-state index in [0.29, 0.717) is 0 Å². The van der Waals surface area contributed by atoms with Crippen LogP contribution in [0.25, 0.3) is 0 Å². The average molecular weight is 239 g/mol. The summed E-state index contributed by atoms with van der Waals surface area (Å²) in [4.78, 5) is 0. The second-order valence-electron chi connectivity index (χ2n) is 4.29. The molecule has 1 N–H and O–H groups in total. The zero-order valence-corrected chi connectivity index (χ0v) is 10.9. The fourth-order valence-electron chi connectivity index (χ4n) is 1.65. The van der Waals surface area contributed by atoms with Crippen molar-refractivity contribution in [1.29, 1.82) is 0 Å². The van der Waals surface area contributed by atoms with Gasteiger partial charge in [-0.25, -0.2) is 0 Å². The van der Waals surface area contributed by atoms with Crippen molar-refractivity contribution in [1.82, 2.24) is 0 Å². The third-order valence-corrected chi connectivity index (χ3v) is 2.79. The van der Waals surface area contributed by atoms with E-state index < -0.39 is 0 Å². The van der Waals surface area contributed by atoms with Crippen LogP contribution in [0.5, 0.6) is 0 Å². The Kier molecular flexibility index (Phi) is 3.72. The third-order valence-electron chi connectivity index (χ3n) is 2.79. The zero-order valence-electron chi connectivity index (χ0n) is 10.9. The van der Waals surface area contributed by atoms with E-state index in [9.17, 15) is 0 Å². The number of aryl methyl sites for hydroxylation is 2. The van der Waals surface area contributed by atoms with Crippen LogP contribution in [0.4, 0.5) is 17.1 Å². The Bertz CT molecular complexity index is 556. The first-order valence-electron chi connectivity index (χ1n) is 5.96. The topological polar surface area (TPSA) is 36.8 Å². The Balaban J connectivity index is 2.20. The average Bonchev–Trinajstić information content (AvgIpc) is 2.39. The van der Waals surface area contributed by atoms with Crippen molar-refractivity contribution in [3.05, 3.63) is 53.6 Å². The minimum atomic E-state index is 0.873. The second-order valence-corrected chi connectivity index (χ2v) is 4.29. The molecule has 92 valence electrons. The predicted octanol–water partition coefficient (Wildman–Crippen LogP) is 4.76. The first-order chi connectivity index (χ1) is 8.69. The molecule has 2 rings (SSSR count). The molecular weight excluding hydrogens is 222 g/mol. The summed E-state index contributed by atoms with van der Waals surface area (Å²) < 4.78 is 0. The highest BCUT2D eigenvalue weighted by Crippen LogP contribution is 2.24. The number of benzene rings is 2. The lowest BCUT2D eigenvalue weighted by molar-refractivity contribution is 1.21. The number of azo groups is 1. The minimum absolute atomic E-state index is 0.873. The van der Waals surface area contributed by atoms with Crippen molar-refractivity contribution >= 4 is 17.1 Å². The van der Waals surface area contributed by atoms with Gasteiger partial charge >= 0.3 is 0 Å². The lowest BCUT2D eigenvalue weighted by Gasteiger charge is -2.03. The molecule has 0 bridgehead atoms. The van der Waals surface area contributed by atoms with Gasteiger partial charge in [0.15, 0.2) is 0 Å². The summed E-state index contributed by atoms with van der Waals surface area (Å²) in [6, 6.07) is 14.0. The van der Waals surface area contributed by atoms with E-state index in [1.54, 1.807) is 0 Å². The molecule has 0 fully saturated rings. The van der Waals surface area contributed by atoms with Crippen LogP contribution >= 0.6 is 0 Å². The number of anilines is 1. The van der Waals surface area contributed by atoms with Gasteiger partial charge in [0.05, 0.1) is 11.4 Å². The van der Waals surface area contributed by atoms with Gasteiger partial charge < -0.3 is 5.32 Å². The summed E-state index contributed by atoms with van der Waals surface area (Å²) in [7, 11) is 1.91. The summed E-state index contributed by atoms with van der Waals surface area (Å²) in [5.74, 6) is 0. The first-order valence-corrected chi connectivity index (χ1v) is 5.96. The van der Waals surface area contributed by atoms with Crippen molar-refractivity contribution in [2.45, 2.75) is 13.8 Å². The highest BCUT2D eigenvalue weighted by atomic mass is 15.1. The molecule has 18 heavy (non-hydrogen) atoms. The standard InChI is InChI=1S/C15H17N3/c1-11-4-6-13(7-5-11)17-18-15-9-8-14(16-3)10-12(15)2/h4-10,16H,1-3H3. The van der Waals surface area contributed by atoms with Crippen molar-refractivity contribution in [3.63, 3.8) is 0 Å². The quantitative estimate of drug-likeness (QED) is 0.770. The maximum Gasteiger partial charge on any atom is 0.0887 e. The molecule has 0 saturated carbocycles. The molecule has 0 aliphatic carbocycles. The molecule has 0 heterocycles. The first kappa shape index (κ1) is 12.3. The molecule has 3 nitrogen and oxygen atoms in total. The summed E-state index contributed by atoms with van der Waals surface area (Å²) >= 11 is 0. The summed E-state index contributed by atoms with van der Waals surface area (Å²) in [6.07, 6.45) is 0. The molecule has 0 radical (unpaired) electrons. The number of nitrogens with one attached hydrogen (secondary N) is 1. The van der Waals surface area contributed by atoms with Gasteiger partial charge in [-0.05, 0) is 49.7 Å². The van der Waals surface area contributed by atoms with Crippen LogP contribution in [0.15, 0.2) is 52.7 Å². The van der Waals surface area contributed by atoms with Crippen LogP contribution in [-0.2, 0) is 0 Å². The lowest BCUT2D eigenvalue weighted by atomic mass is 10.2. The summed E-state index contributed by atoms with van der Waals surface area (Å²) in [5.41, 5.74) is 5.19. The molecular formula is C15H17N3. The summed E-state index contributed by atoms with van der Waals surface area (Å²) in [6.45, 7) is 4.09. The minimum Gasteiger partial charge on any atom is -0.388 e. The number of hydrogen-bond donors (Lipinski definition) is 1. The van der Waals surface area contributed by atoms with Gasteiger partial charge in [-0.2, -0.15) is 10.2 Å². The highest BCUT2D eigenvalue weighted by molar-refractivity contribution is 5.56. The molecule has 0 spiro atoms. The fourth-order valence-corrected chi connectivity index (χ4v) is 1.65. The van der Waals surface area contributed by atoms with Crippen molar-refractivity contribution in [3.8, 4) is 0 Å². The third kappa shape index (κ3) is 2.94. The van der Waals surface area contributed by atoms with Gasteiger partial charge in [0.1, 0.15) is 0 Å². The number of rotatable bonds is 3. The van der Waals surface area contributed by atoms with Crippen LogP contribution in [0.2, 0.25) is 0 Å². The normalized spacial score (nSPS) is 10.8. The molecule has 2 aromatic rings. The molecule has 0 aliphatic heterocycles. The molecule has 0 amide bonds. The predicted molar refractivity (Wildman–Crippen MR) is 76.1 cm³/mol. The van der Waals surface area contributed by atoms with Crippen molar-refractivity contribution < 1.29 is 0 Å². The van der Waals surface area contributed by atoms with E-state index in [1.807, 2.05) is 50.4 Å². The van der Waals surface area contributed by atoms with Crippen LogP contribution in [-0.4, -0.2) is 7.05 Å². The largest absolute Gasteiger partial charge is 0.388 e. The molecule has 0 aromatic heterocycles. The highest BCUT2D eigenvalue weighted by Gasteiger charge is 1.98. The van der Waals surface area contributed by atoms with Crippen molar-refractivity contribution in [2.24, 2.45) is 10.2 Å². The Labute approximate surface area is 108 Å². The van der Waals surface area contributed by atoms with Crippen LogP contribution in [0.3, 0.4) is 0 Å². The van der Waals surface area contributed by atoms with Gasteiger partial charge in [-0.1, -0.05) is 17.7 Å². The monoisotopic (exact) mass is 239 g/mol. The lowest BCUT2D eigenvalue weighted by Crippen LogP contribution is -1.87. The maximum atomic E-state index is 4.28. The van der Waals surface area contributed by atoms with Gasteiger partial charge in [0, 0.05) is 12.7 Å². The molecule has 0 aliphatic rings. The van der Waals surface area contributed by atoms with E-state index in [4.69, 9.17) is 0 Å².